The maximum atomic E-state index is 5.14. The van der Waals surface area contributed by atoms with Gasteiger partial charge in [0.2, 0.25) is 0 Å². The van der Waals surface area contributed by atoms with Gasteiger partial charge >= 0.3 is 0 Å². The molecule has 0 radical (unpaired) electrons. The van der Waals surface area contributed by atoms with Crippen molar-refractivity contribution in [3.05, 3.63) is 23.8 Å². The standard InChI is InChI=1S/C10H15N3O/c1-8-5-4-6-9-10(8)11-12(2)13(9)7-14-3/h4-6,11H,7H2,1-3H3. The van der Waals surface area contributed by atoms with Gasteiger partial charge in [-0.15, -0.1) is 5.12 Å². The molecule has 1 aliphatic heterocycles. The number of ether oxygens (including phenoxy) is 1. The SMILES string of the molecule is COCN1c2cccc(C)c2NN1C. The second-order valence-corrected chi connectivity index (χ2v) is 3.42. The smallest absolute Gasteiger partial charge is 0.135 e. The van der Waals surface area contributed by atoms with Gasteiger partial charge in [-0.25, -0.2) is 0 Å². The molecule has 2 rings (SSSR count). The Morgan fingerprint density at radius 1 is 1.43 bits per heavy atom. The molecule has 0 atom stereocenters. The Balaban J connectivity index is 2.37. The van der Waals surface area contributed by atoms with Gasteiger partial charge in [-0.05, 0) is 18.6 Å². The number of rotatable bonds is 2. The zero-order valence-corrected chi connectivity index (χ0v) is 8.74. The first-order valence-corrected chi connectivity index (χ1v) is 4.60. The molecule has 0 saturated heterocycles. The zero-order chi connectivity index (χ0) is 10.1. The second-order valence-electron chi connectivity index (χ2n) is 3.42. The third kappa shape index (κ3) is 1.32. The number of aryl methyl sites for hydroxylation is 1. The highest BCUT2D eigenvalue weighted by molar-refractivity contribution is 5.75. The van der Waals surface area contributed by atoms with Crippen molar-refractivity contribution in [2.75, 3.05) is 31.3 Å². The number of hydrazine groups is 2. The molecular weight excluding hydrogens is 178 g/mol. The lowest BCUT2D eigenvalue weighted by Crippen LogP contribution is -2.39. The second kappa shape index (κ2) is 3.48. The average molecular weight is 193 g/mol. The Labute approximate surface area is 84.0 Å². The van der Waals surface area contributed by atoms with Gasteiger partial charge in [-0.2, -0.15) is 0 Å². The molecule has 0 bridgehead atoms. The Morgan fingerprint density at radius 3 is 2.93 bits per heavy atom. The Kier molecular flexibility index (Phi) is 2.31. The molecule has 0 amide bonds. The Hall–Kier alpha value is -1.26. The van der Waals surface area contributed by atoms with E-state index in [2.05, 4.69) is 30.5 Å². The van der Waals surface area contributed by atoms with E-state index in [1.165, 1.54) is 5.56 Å². The molecule has 0 fully saturated rings. The lowest BCUT2D eigenvalue weighted by atomic mass is 10.2. The maximum absolute atomic E-state index is 5.14. The van der Waals surface area contributed by atoms with Gasteiger partial charge < -0.3 is 4.74 Å². The van der Waals surface area contributed by atoms with Crippen molar-refractivity contribution in [1.29, 1.82) is 0 Å². The predicted octanol–water partition coefficient (Wildman–Crippen LogP) is 1.59. The van der Waals surface area contributed by atoms with E-state index in [9.17, 15) is 0 Å². The van der Waals surface area contributed by atoms with Crippen LogP contribution in [0.1, 0.15) is 5.56 Å². The van der Waals surface area contributed by atoms with Crippen LogP contribution < -0.4 is 10.4 Å². The third-order valence-electron chi connectivity index (χ3n) is 2.42. The van der Waals surface area contributed by atoms with E-state index in [1.54, 1.807) is 7.11 Å². The molecule has 0 aliphatic carbocycles. The summed E-state index contributed by atoms with van der Waals surface area (Å²) in [7, 11) is 3.67. The van der Waals surface area contributed by atoms with Crippen LogP contribution in [0.5, 0.6) is 0 Å². The molecule has 1 N–H and O–H groups in total. The summed E-state index contributed by atoms with van der Waals surface area (Å²) in [5, 5.41) is 3.98. The average Bonchev–Trinajstić information content (AvgIpc) is 2.47. The van der Waals surface area contributed by atoms with Crippen LogP contribution >= 0.6 is 0 Å². The first-order chi connectivity index (χ1) is 6.74. The fraction of sp³-hybridized carbons (Fsp3) is 0.400. The van der Waals surface area contributed by atoms with Crippen LogP contribution in [-0.4, -0.2) is 26.0 Å². The van der Waals surface area contributed by atoms with E-state index >= 15 is 0 Å². The maximum Gasteiger partial charge on any atom is 0.135 e. The van der Waals surface area contributed by atoms with Crippen molar-refractivity contribution in [1.82, 2.24) is 5.12 Å². The monoisotopic (exact) mass is 193 g/mol. The van der Waals surface area contributed by atoms with Crippen LogP contribution in [-0.2, 0) is 4.74 Å². The number of anilines is 2. The van der Waals surface area contributed by atoms with Crippen LogP contribution in [0.2, 0.25) is 0 Å². The quantitative estimate of drug-likeness (QED) is 0.772. The normalized spacial score (nSPS) is 15.5. The summed E-state index contributed by atoms with van der Waals surface area (Å²) in [6.45, 7) is 2.65. The predicted molar refractivity (Wildman–Crippen MR) is 56.9 cm³/mol. The highest BCUT2D eigenvalue weighted by atomic mass is 16.5. The Morgan fingerprint density at radius 2 is 2.21 bits per heavy atom. The van der Waals surface area contributed by atoms with E-state index in [1.807, 2.05) is 17.2 Å². The largest absolute Gasteiger partial charge is 0.363 e. The summed E-state index contributed by atoms with van der Waals surface area (Å²) in [4.78, 5) is 0. The molecule has 0 aromatic heterocycles. The zero-order valence-electron chi connectivity index (χ0n) is 8.74. The summed E-state index contributed by atoms with van der Waals surface area (Å²) in [5.41, 5.74) is 6.84. The van der Waals surface area contributed by atoms with E-state index in [-0.39, 0.29) is 0 Å². The van der Waals surface area contributed by atoms with E-state index in [0.29, 0.717) is 6.73 Å². The number of hydrogen-bond donors (Lipinski definition) is 1. The molecule has 0 unspecified atom stereocenters. The number of para-hydroxylation sites is 1. The van der Waals surface area contributed by atoms with Crippen molar-refractivity contribution >= 4 is 11.4 Å². The van der Waals surface area contributed by atoms with E-state index in [4.69, 9.17) is 4.74 Å². The van der Waals surface area contributed by atoms with Crippen molar-refractivity contribution < 1.29 is 4.74 Å². The summed E-state index contributed by atoms with van der Waals surface area (Å²) in [6, 6.07) is 6.23. The summed E-state index contributed by atoms with van der Waals surface area (Å²) in [6.07, 6.45) is 0. The number of nitrogens with one attached hydrogen (secondary N) is 1. The fourth-order valence-corrected chi connectivity index (χ4v) is 1.68. The van der Waals surface area contributed by atoms with Crippen LogP contribution in [0.4, 0.5) is 11.4 Å². The summed E-state index contributed by atoms with van der Waals surface area (Å²) < 4.78 is 5.14. The lowest BCUT2D eigenvalue weighted by molar-refractivity contribution is 0.158. The van der Waals surface area contributed by atoms with Gasteiger partial charge in [0.05, 0.1) is 11.4 Å². The molecule has 14 heavy (non-hydrogen) atoms. The van der Waals surface area contributed by atoms with E-state index in [0.717, 1.165) is 11.4 Å². The van der Waals surface area contributed by atoms with Crippen molar-refractivity contribution in [3.63, 3.8) is 0 Å². The molecular formula is C10H15N3O. The number of hydrogen-bond acceptors (Lipinski definition) is 4. The number of methoxy groups -OCH3 is 1. The number of benzene rings is 1. The van der Waals surface area contributed by atoms with Crippen molar-refractivity contribution in [2.24, 2.45) is 0 Å². The molecule has 0 spiro atoms. The minimum Gasteiger partial charge on any atom is -0.363 e. The molecule has 4 nitrogen and oxygen atoms in total. The van der Waals surface area contributed by atoms with Crippen LogP contribution in [0.3, 0.4) is 0 Å². The van der Waals surface area contributed by atoms with Crippen molar-refractivity contribution in [3.8, 4) is 0 Å². The van der Waals surface area contributed by atoms with Gasteiger partial charge in [0, 0.05) is 14.2 Å². The molecule has 1 heterocycles. The van der Waals surface area contributed by atoms with Crippen LogP contribution in [0.15, 0.2) is 18.2 Å². The minimum atomic E-state index is 0.556. The first kappa shape index (κ1) is 9.30. The van der Waals surface area contributed by atoms with Crippen molar-refractivity contribution in [2.45, 2.75) is 6.92 Å². The lowest BCUT2D eigenvalue weighted by Gasteiger charge is -2.24. The van der Waals surface area contributed by atoms with E-state index < -0.39 is 0 Å². The topological polar surface area (TPSA) is 27.7 Å². The fourth-order valence-electron chi connectivity index (χ4n) is 1.68. The molecule has 1 aromatic rings. The highest BCUT2D eigenvalue weighted by Gasteiger charge is 2.24. The molecule has 1 aromatic carbocycles. The number of fused-ring (bicyclic) bond motifs is 1. The summed E-state index contributed by atoms with van der Waals surface area (Å²) in [5.74, 6) is 0. The van der Waals surface area contributed by atoms with Gasteiger partial charge in [0.25, 0.3) is 0 Å². The van der Waals surface area contributed by atoms with Gasteiger partial charge in [0.1, 0.15) is 6.73 Å². The molecule has 1 aliphatic rings. The van der Waals surface area contributed by atoms with Crippen LogP contribution in [0, 0.1) is 6.92 Å². The molecule has 4 heteroatoms. The third-order valence-corrected chi connectivity index (χ3v) is 2.42. The molecule has 0 saturated carbocycles. The molecule has 76 valence electrons. The van der Waals surface area contributed by atoms with Gasteiger partial charge in [-0.3, -0.25) is 10.4 Å². The highest BCUT2D eigenvalue weighted by Crippen LogP contribution is 2.35. The first-order valence-electron chi connectivity index (χ1n) is 4.60. The number of nitrogens with zero attached hydrogens (tertiary/aromatic N) is 2. The van der Waals surface area contributed by atoms with Crippen LogP contribution in [0.25, 0.3) is 0 Å². The minimum absolute atomic E-state index is 0.556. The Bertz CT molecular complexity index is 340. The van der Waals surface area contributed by atoms with Gasteiger partial charge in [0.15, 0.2) is 0 Å². The summed E-state index contributed by atoms with van der Waals surface area (Å²) >= 11 is 0. The van der Waals surface area contributed by atoms with Gasteiger partial charge in [-0.1, -0.05) is 12.1 Å².